The Morgan fingerprint density at radius 3 is 2.60 bits per heavy atom. The van der Waals surface area contributed by atoms with Crippen molar-refractivity contribution in [1.29, 1.82) is 0 Å². The molecule has 82 valence electrons. The van der Waals surface area contributed by atoms with E-state index in [0.717, 1.165) is 0 Å². The molecule has 1 aliphatic heterocycles. The SMILES string of the molecule is CC1=CC2C(C)=CP(=S)(N(C)C)C2C=C1. The fraction of sp³-hybridized carbons (Fsp3) is 0.500. The van der Waals surface area contributed by atoms with Crippen molar-refractivity contribution >= 4 is 18.0 Å². The summed E-state index contributed by atoms with van der Waals surface area (Å²) in [5.41, 5.74) is 3.36. The minimum Gasteiger partial charge on any atom is -0.278 e. The zero-order valence-corrected chi connectivity index (χ0v) is 11.5. The third kappa shape index (κ3) is 1.69. The minimum atomic E-state index is -1.48. The Hall–Kier alpha value is -0.170. The van der Waals surface area contributed by atoms with Crippen LogP contribution in [0.3, 0.4) is 0 Å². The van der Waals surface area contributed by atoms with Crippen molar-refractivity contribution in [1.82, 2.24) is 4.67 Å². The number of hydrogen-bond acceptors (Lipinski definition) is 1. The number of fused-ring (bicyclic) bond motifs is 1. The van der Waals surface area contributed by atoms with Gasteiger partial charge in [-0.3, -0.25) is 4.67 Å². The van der Waals surface area contributed by atoms with Gasteiger partial charge in [-0.05, 0) is 33.8 Å². The maximum atomic E-state index is 5.88. The lowest BCUT2D eigenvalue weighted by Gasteiger charge is -2.32. The Morgan fingerprint density at radius 2 is 2.00 bits per heavy atom. The third-order valence-electron chi connectivity index (χ3n) is 3.33. The van der Waals surface area contributed by atoms with Gasteiger partial charge >= 0.3 is 0 Å². The van der Waals surface area contributed by atoms with Gasteiger partial charge in [-0.15, -0.1) is 0 Å². The van der Waals surface area contributed by atoms with E-state index in [1.165, 1.54) is 11.1 Å². The van der Waals surface area contributed by atoms with Crippen LogP contribution in [-0.4, -0.2) is 24.4 Å². The van der Waals surface area contributed by atoms with Crippen LogP contribution in [0.25, 0.3) is 0 Å². The van der Waals surface area contributed by atoms with Gasteiger partial charge in [0.25, 0.3) is 0 Å². The second-order valence-corrected chi connectivity index (χ2v) is 9.43. The smallest absolute Gasteiger partial charge is 0.0429 e. The van der Waals surface area contributed by atoms with Gasteiger partial charge in [0.05, 0.1) is 0 Å². The summed E-state index contributed by atoms with van der Waals surface area (Å²) in [4.78, 5) is 0. The Labute approximate surface area is 97.6 Å². The highest BCUT2D eigenvalue weighted by Gasteiger charge is 2.39. The second kappa shape index (κ2) is 3.69. The number of allylic oxidation sites excluding steroid dienone is 5. The van der Waals surface area contributed by atoms with E-state index >= 15 is 0 Å². The third-order valence-corrected chi connectivity index (χ3v) is 8.74. The maximum absolute atomic E-state index is 5.88. The molecule has 3 atom stereocenters. The summed E-state index contributed by atoms with van der Waals surface area (Å²) in [6, 6.07) is 0. The van der Waals surface area contributed by atoms with Crippen LogP contribution in [0.5, 0.6) is 0 Å². The predicted octanol–water partition coefficient (Wildman–Crippen LogP) is 3.36. The number of nitrogens with zero attached hydrogens (tertiary/aromatic N) is 1. The van der Waals surface area contributed by atoms with Gasteiger partial charge in [-0.25, -0.2) is 0 Å². The summed E-state index contributed by atoms with van der Waals surface area (Å²) in [7, 11) is 4.23. The van der Waals surface area contributed by atoms with Gasteiger partial charge in [0.2, 0.25) is 0 Å². The molecule has 0 saturated carbocycles. The van der Waals surface area contributed by atoms with Crippen LogP contribution in [0.1, 0.15) is 13.8 Å². The van der Waals surface area contributed by atoms with Crippen LogP contribution in [0.2, 0.25) is 0 Å². The van der Waals surface area contributed by atoms with Crippen LogP contribution in [0.15, 0.2) is 35.2 Å². The molecule has 0 aromatic carbocycles. The van der Waals surface area contributed by atoms with E-state index in [4.69, 9.17) is 11.8 Å². The van der Waals surface area contributed by atoms with Crippen molar-refractivity contribution in [3.05, 3.63) is 35.2 Å². The molecule has 0 aromatic rings. The minimum absolute atomic E-state index is 0.534. The molecule has 0 bridgehead atoms. The molecule has 3 heteroatoms. The van der Waals surface area contributed by atoms with Crippen LogP contribution >= 0.6 is 6.19 Å². The molecule has 1 aliphatic carbocycles. The van der Waals surface area contributed by atoms with Crippen molar-refractivity contribution < 1.29 is 0 Å². The number of hydrogen-bond donors (Lipinski definition) is 0. The fourth-order valence-corrected chi connectivity index (χ4v) is 6.32. The van der Waals surface area contributed by atoms with Crippen molar-refractivity contribution in [3.8, 4) is 0 Å². The largest absolute Gasteiger partial charge is 0.278 e. The van der Waals surface area contributed by atoms with E-state index in [0.29, 0.717) is 11.6 Å². The normalized spacial score (nSPS) is 39.0. The molecule has 15 heavy (non-hydrogen) atoms. The highest BCUT2D eigenvalue weighted by Crippen LogP contribution is 2.64. The zero-order valence-electron chi connectivity index (χ0n) is 9.77. The first-order chi connectivity index (χ1) is 6.95. The first kappa shape index (κ1) is 11.3. The monoisotopic (exact) mass is 239 g/mol. The van der Waals surface area contributed by atoms with E-state index < -0.39 is 6.19 Å². The van der Waals surface area contributed by atoms with Crippen LogP contribution in [-0.2, 0) is 11.8 Å². The molecular weight excluding hydrogens is 221 g/mol. The molecule has 0 spiro atoms. The molecule has 0 fully saturated rings. The molecule has 3 unspecified atom stereocenters. The maximum Gasteiger partial charge on any atom is 0.0429 e. The summed E-state index contributed by atoms with van der Waals surface area (Å²) in [5.74, 6) is 2.92. The highest BCUT2D eigenvalue weighted by atomic mass is 32.4. The van der Waals surface area contributed by atoms with Gasteiger partial charge < -0.3 is 0 Å². The summed E-state index contributed by atoms with van der Waals surface area (Å²) < 4.78 is 2.26. The summed E-state index contributed by atoms with van der Waals surface area (Å²) in [6.45, 7) is 4.38. The van der Waals surface area contributed by atoms with Crippen molar-refractivity contribution in [2.45, 2.75) is 19.5 Å². The quantitative estimate of drug-likeness (QED) is 0.645. The van der Waals surface area contributed by atoms with E-state index in [1.807, 2.05) is 0 Å². The number of rotatable bonds is 1. The molecule has 2 aliphatic rings. The first-order valence-corrected chi connectivity index (χ1v) is 8.17. The molecule has 2 rings (SSSR count). The fourth-order valence-electron chi connectivity index (χ4n) is 2.41. The van der Waals surface area contributed by atoms with Crippen LogP contribution < -0.4 is 0 Å². The average molecular weight is 239 g/mol. The summed E-state index contributed by atoms with van der Waals surface area (Å²) in [6.07, 6.45) is 5.43. The van der Waals surface area contributed by atoms with Crippen LogP contribution in [0, 0.1) is 5.92 Å². The Morgan fingerprint density at radius 1 is 1.33 bits per heavy atom. The van der Waals surface area contributed by atoms with E-state index in [9.17, 15) is 0 Å². The summed E-state index contributed by atoms with van der Waals surface area (Å²) in [5, 5.41) is 0. The van der Waals surface area contributed by atoms with E-state index in [-0.39, 0.29) is 0 Å². The van der Waals surface area contributed by atoms with Crippen molar-refractivity contribution in [3.63, 3.8) is 0 Å². The van der Waals surface area contributed by atoms with Gasteiger partial charge in [0.1, 0.15) is 0 Å². The highest BCUT2D eigenvalue weighted by molar-refractivity contribution is 8.15. The average Bonchev–Trinajstić information content (AvgIpc) is 2.40. The van der Waals surface area contributed by atoms with Crippen molar-refractivity contribution in [2.24, 2.45) is 5.92 Å². The molecule has 1 heterocycles. The summed E-state index contributed by atoms with van der Waals surface area (Å²) >= 11 is 5.88. The molecule has 0 saturated heterocycles. The van der Waals surface area contributed by atoms with Gasteiger partial charge in [-0.2, -0.15) is 0 Å². The van der Waals surface area contributed by atoms with Gasteiger partial charge in [-0.1, -0.05) is 41.2 Å². The molecule has 0 radical (unpaired) electrons. The lowest BCUT2D eigenvalue weighted by atomic mass is 9.91. The van der Waals surface area contributed by atoms with E-state index in [2.05, 4.69) is 56.7 Å². The lowest BCUT2D eigenvalue weighted by molar-refractivity contribution is 0.661. The van der Waals surface area contributed by atoms with Crippen molar-refractivity contribution in [2.75, 3.05) is 14.1 Å². The van der Waals surface area contributed by atoms with Gasteiger partial charge in [0.15, 0.2) is 0 Å². The van der Waals surface area contributed by atoms with Gasteiger partial charge in [0, 0.05) is 17.8 Å². The molecule has 0 amide bonds. The second-order valence-electron chi connectivity index (χ2n) is 4.68. The molecule has 1 nitrogen and oxygen atoms in total. The van der Waals surface area contributed by atoms with E-state index in [1.54, 1.807) is 0 Å². The lowest BCUT2D eigenvalue weighted by Crippen LogP contribution is -2.21. The molecular formula is C12H18NPS. The first-order valence-electron chi connectivity index (χ1n) is 5.28. The Bertz CT molecular complexity index is 417. The van der Waals surface area contributed by atoms with Crippen LogP contribution in [0.4, 0.5) is 0 Å². The zero-order chi connectivity index (χ0) is 11.2. The Balaban J connectivity index is 2.45. The standard InChI is InChI=1S/C12H18NPS/c1-9-5-6-12-11(7-9)10(2)8-14(12,15)13(3)4/h5-8,11-12H,1-4H3. The molecule has 0 N–H and O–H groups in total. The predicted molar refractivity (Wildman–Crippen MR) is 71.9 cm³/mol. The topological polar surface area (TPSA) is 3.24 Å². The Kier molecular flexibility index (Phi) is 2.79. The molecule has 0 aromatic heterocycles.